The van der Waals surface area contributed by atoms with Crippen LogP contribution < -0.4 is 5.06 Å². The van der Waals surface area contributed by atoms with E-state index in [4.69, 9.17) is 4.84 Å². The Kier molecular flexibility index (Phi) is 3.82. The van der Waals surface area contributed by atoms with Crippen molar-refractivity contribution in [1.29, 1.82) is 0 Å². The summed E-state index contributed by atoms with van der Waals surface area (Å²) in [5.41, 5.74) is -6.01. The number of anilines is 1. The highest BCUT2D eigenvalue weighted by Crippen LogP contribution is 2.53. The van der Waals surface area contributed by atoms with E-state index in [-0.39, 0.29) is 5.06 Å². The third kappa shape index (κ3) is 2.72. The van der Waals surface area contributed by atoms with Gasteiger partial charge in [0, 0.05) is 5.41 Å². The normalized spacial score (nSPS) is 18.7. The lowest BCUT2D eigenvalue weighted by Gasteiger charge is -2.37. The molecule has 2 rings (SSSR count). The molecule has 9 heteroatoms. The van der Waals surface area contributed by atoms with Gasteiger partial charge in [0.25, 0.3) is 0 Å². The summed E-state index contributed by atoms with van der Waals surface area (Å²) in [6.45, 7) is 4.24. The van der Waals surface area contributed by atoms with Crippen LogP contribution in [0.4, 0.5) is 32.0 Å². The smallest absolute Gasteiger partial charge is 0.360 e. The Hall–Kier alpha value is -1.93. The van der Waals surface area contributed by atoms with E-state index >= 15 is 0 Å². The zero-order valence-electron chi connectivity index (χ0n) is 12.5. The molecule has 0 unspecified atom stereocenters. The van der Waals surface area contributed by atoms with Gasteiger partial charge in [-0.25, -0.2) is 4.99 Å². The van der Waals surface area contributed by atoms with E-state index in [9.17, 15) is 26.3 Å². The number of nitrogens with zero attached hydrogens (tertiary/aromatic N) is 2. The van der Waals surface area contributed by atoms with Crippen molar-refractivity contribution < 1.29 is 31.2 Å². The van der Waals surface area contributed by atoms with Crippen LogP contribution in [0.5, 0.6) is 0 Å². The third-order valence-electron chi connectivity index (χ3n) is 3.16. The first-order chi connectivity index (χ1) is 10.3. The Morgan fingerprint density at radius 3 is 1.78 bits per heavy atom. The third-order valence-corrected chi connectivity index (χ3v) is 3.16. The molecule has 0 saturated heterocycles. The molecule has 1 aromatic carbocycles. The van der Waals surface area contributed by atoms with Crippen molar-refractivity contribution in [2.45, 2.75) is 38.8 Å². The van der Waals surface area contributed by atoms with Crippen LogP contribution in [0.3, 0.4) is 0 Å². The van der Waals surface area contributed by atoms with E-state index in [0.717, 1.165) is 12.1 Å². The van der Waals surface area contributed by atoms with Crippen LogP contribution >= 0.6 is 0 Å². The van der Waals surface area contributed by atoms with Gasteiger partial charge in [-0.2, -0.15) is 31.4 Å². The molecule has 0 spiro atoms. The summed E-state index contributed by atoms with van der Waals surface area (Å²) < 4.78 is 80.8. The van der Waals surface area contributed by atoms with Gasteiger partial charge < -0.3 is 4.84 Å². The molecule has 0 atom stereocenters. The molecular formula is C14H14F6N2O. The fraction of sp³-hybridized carbons (Fsp3) is 0.500. The van der Waals surface area contributed by atoms with Gasteiger partial charge in [0.05, 0.1) is 5.69 Å². The second-order valence-corrected chi connectivity index (χ2v) is 6.06. The maximum absolute atomic E-state index is 13.5. The van der Waals surface area contributed by atoms with E-state index in [2.05, 4.69) is 4.99 Å². The van der Waals surface area contributed by atoms with Crippen molar-refractivity contribution in [3.63, 3.8) is 0 Å². The minimum absolute atomic E-state index is 0.215. The lowest BCUT2D eigenvalue weighted by atomic mass is 9.96. The lowest BCUT2D eigenvalue weighted by Crippen LogP contribution is -2.64. The summed E-state index contributed by atoms with van der Waals surface area (Å²) in [5, 5.41) is -0.215. The van der Waals surface area contributed by atoms with Crippen molar-refractivity contribution >= 4 is 11.6 Å². The van der Waals surface area contributed by atoms with Gasteiger partial charge in [-0.3, -0.25) is 0 Å². The second kappa shape index (κ2) is 5.04. The van der Waals surface area contributed by atoms with Gasteiger partial charge >= 0.3 is 18.0 Å². The Morgan fingerprint density at radius 1 is 0.913 bits per heavy atom. The maximum Gasteiger partial charge on any atom is 0.445 e. The Balaban J connectivity index is 2.72. The van der Waals surface area contributed by atoms with Crippen molar-refractivity contribution in [1.82, 2.24) is 0 Å². The molecule has 23 heavy (non-hydrogen) atoms. The first-order valence-electron chi connectivity index (χ1n) is 6.58. The Bertz CT molecular complexity index is 586. The summed E-state index contributed by atoms with van der Waals surface area (Å²) in [4.78, 5) is 7.89. The highest BCUT2D eigenvalue weighted by atomic mass is 19.4. The molecule has 0 N–H and O–H groups in total. The zero-order chi connectivity index (χ0) is 17.7. The first kappa shape index (κ1) is 17.4. The van der Waals surface area contributed by atoms with Crippen LogP contribution in [0.15, 0.2) is 35.3 Å². The quantitative estimate of drug-likeness (QED) is 0.692. The second-order valence-electron chi connectivity index (χ2n) is 6.06. The fourth-order valence-corrected chi connectivity index (χ4v) is 1.99. The molecule has 0 saturated carbocycles. The summed E-state index contributed by atoms with van der Waals surface area (Å²) in [5.74, 6) is -0.643. The van der Waals surface area contributed by atoms with E-state index < -0.39 is 35.0 Å². The number of rotatable bonds is 1. The minimum atomic E-state index is -5.73. The van der Waals surface area contributed by atoms with Crippen molar-refractivity contribution in [3.05, 3.63) is 30.3 Å². The predicted molar refractivity (Wildman–Crippen MR) is 71.7 cm³/mol. The highest BCUT2D eigenvalue weighted by Gasteiger charge is 2.79. The van der Waals surface area contributed by atoms with Crippen molar-refractivity contribution in [2.75, 3.05) is 5.06 Å². The van der Waals surface area contributed by atoms with Crippen LogP contribution in [-0.2, 0) is 4.84 Å². The van der Waals surface area contributed by atoms with E-state index in [0.29, 0.717) is 0 Å². The zero-order valence-corrected chi connectivity index (χ0v) is 12.5. The van der Waals surface area contributed by atoms with Gasteiger partial charge in [0.15, 0.2) is 0 Å². The van der Waals surface area contributed by atoms with Crippen LogP contribution in [0, 0.1) is 5.41 Å². The monoisotopic (exact) mass is 340 g/mol. The van der Waals surface area contributed by atoms with Gasteiger partial charge in [-0.05, 0) is 12.1 Å². The summed E-state index contributed by atoms with van der Waals surface area (Å²) in [6, 6.07) is 6.27. The molecule has 0 fully saturated rings. The predicted octanol–water partition coefficient (Wildman–Crippen LogP) is 4.70. The van der Waals surface area contributed by atoms with Crippen LogP contribution in [0.1, 0.15) is 20.8 Å². The first-order valence-corrected chi connectivity index (χ1v) is 6.58. The maximum atomic E-state index is 13.5. The van der Waals surface area contributed by atoms with Gasteiger partial charge in [-0.15, -0.1) is 0 Å². The number of halogens is 6. The fourth-order valence-electron chi connectivity index (χ4n) is 1.99. The number of hydrogen-bond acceptors (Lipinski definition) is 3. The average molecular weight is 340 g/mol. The van der Waals surface area contributed by atoms with Crippen molar-refractivity contribution in [3.8, 4) is 0 Å². The van der Waals surface area contributed by atoms with Gasteiger partial charge in [-0.1, -0.05) is 39.0 Å². The summed E-state index contributed by atoms with van der Waals surface area (Å²) in [6.07, 6.45) is -11.5. The average Bonchev–Trinajstić information content (AvgIpc) is 2.80. The summed E-state index contributed by atoms with van der Waals surface area (Å²) >= 11 is 0. The number of para-hydroxylation sites is 1. The molecule has 0 aromatic heterocycles. The van der Waals surface area contributed by atoms with Crippen LogP contribution in [0.25, 0.3) is 0 Å². The van der Waals surface area contributed by atoms with E-state index in [1.165, 1.54) is 39.0 Å². The topological polar surface area (TPSA) is 24.8 Å². The highest BCUT2D eigenvalue weighted by molar-refractivity contribution is 5.85. The number of hydrogen-bond donors (Lipinski definition) is 0. The van der Waals surface area contributed by atoms with Gasteiger partial charge in [0.2, 0.25) is 5.90 Å². The number of aliphatic imine (C=N–C) groups is 1. The van der Waals surface area contributed by atoms with Crippen molar-refractivity contribution in [2.24, 2.45) is 10.4 Å². The molecular weight excluding hydrogens is 326 g/mol. The van der Waals surface area contributed by atoms with Crippen LogP contribution in [-0.4, -0.2) is 23.9 Å². The Labute approximate surface area is 128 Å². The SMILES string of the molecule is CC(C)(C)C1=NC(C(F)(F)F)(C(F)(F)F)N(c2ccccc2)O1. The Morgan fingerprint density at radius 2 is 1.39 bits per heavy atom. The molecule has 0 radical (unpaired) electrons. The molecule has 3 nitrogen and oxygen atoms in total. The van der Waals surface area contributed by atoms with E-state index in [1.54, 1.807) is 0 Å². The van der Waals surface area contributed by atoms with Crippen LogP contribution in [0.2, 0.25) is 0 Å². The molecule has 0 bridgehead atoms. The molecule has 128 valence electrons. The molecule has 1 aliphatic rings. The number of benzene rings is 1. The largest absolute Gasteiger partial charge is 0.445 e. The minimum Gasteiger partial charge on any atom is -0.360 e. The van der Waals surface area contributed by atoms with Gasteiger partial charge in [0.1, 0.15) is 0 Å². The molecule has 1 aromatic rings. The van der Waals surface area contributed by atoms with E-state index in [1.807, 2.05) is 0 Å². The number of alkyl halides is 6. The number of hydroxylamine groups is 1. The molecule has 0 aliphatic carbocycles. The molecule has 1 heterocycles. The molecule has 1 aliphatic heterocycles. The molecule has 0 amide bonds. The summed E-state index contributed by atoms with van der Waals surface area (Å²) in [7, 11) is 0. The lowest BCUT2D eigenvalue weighted by molar-refractivity contribution is -0.301. The standard InChI is InChI=1S/C14H14F6N2O/c1-11(2,3)10-21-12(13(15,16)17,14(18,19)20)22(23-10)9-7-5-4-6-8-9/h4-8H,1-3H3.